The fourth-order valence-electron chi connectivity index (χ4n) is 2.10. The Balaban J connectivity index is 2.22. The van der Waals surface area contributed by atoms with E-state index in [2.05, 4.69) is 42.3 Å². The molecule has 0 saturated carbocycles. The first-order valence-corrected chi connectivity index (χ1v) is 7.18. The zero-order valence-corrected chi connectivity index (χ0v) is 12.8. The third-order valence-electron chi connectivity index (χ3n) is 3.00. The Morgan fingerprint density at radius 2 is 2.16 bits per heavy atom. The predicted octanol–water partition coefficient (Wildman–Crippen LogP) is 1.84. The smallest absolute Gasteiger partial charge is 0.0839 e. The van der Waals surface area contributed by atoms with Crippen LogP contribution in [0.25, 0.3) is 0 Å². The first kappa shape index (κ1) is 16.1. The van der Waals surface area contributed by atoms with Gasteiger partial charge in [0.1, 0.15) is 0 Å². The molecule has 0 N–H and O–H groups in total. The van der Waals surface area contributed by atoms with E-state index in [1.165, 1.54) is 0 Å². The summed E-state index contributed by atoms with van der Waals surface area (Å²) in [5.74, 6) is 0.710. The van der Waals surface area contributed by atoms with Gasteiger partial charge in [-0.25, -0.2) is 0 Å². The van der Waals surface area contributed by atoms with Gasteiger partial charge in [0, 0.05) is 46.0 Å². The number of rotatable bonds is 10. The number of hydrogen-bond donors (Lipinski definition) is 0. The molecule has 0 aliphatic rings. The van der Waals surface area contributed by atoms with Gasteiger partial charge < -0.3 is 9.64 Å². The zero-order valence-electron chi connectivity index (χ0n) is 12.8. The van der Waals surface area contributed by atoms with E-state index in [0.29, 0.717) is 5.92 Å². The van der Waals surface area contributed by atoms with Crippen molar-refractivity contribution in [1.29, 1.82) is 0 Å². The van der Waals surface area contributed by atoms with Crippen LogP contribution in [0, 0.1) is 5.92 Å². The first-order valence-electron chi connectivity index (χ1n) is 7.18. The number of unbranched alkanes of at least 4 members (excludes halogenated alkanes) is 1. The summed E-state index contributed by atoms with van der Waals surface area (Å²) >= 11 is 0. The van der Waals surface area contributed by atoms with Crippen molar-refractivity contribution >= 4 is 0 Å². The average Bonchev–Trinajstić information content (AvgIpc) is 2.79. The van der Waals surface area contributed by atoms with Gasteiger partial charge in [-0.1, -0.05) is 19.1 Å². The van der Waals surface area contributed by atoms with E-state index in [1.807, 2.05) is 4.68 Å². The van der Waals surface area contributed by atoms with Gasteiger partial charge in [0.25, 0.3) is 0 Å². The second-order valence-corrected chi connectivity index (χ2v) is 5.58. The molecule has 0 aliphatic carbocycles. The van der Waals surface area contributed by atoms with Gasteiger partial charge in [0.15, 0.2) is 0 Å². The lowest BCUT2D eigenvalue weighted by molar-refractivity contribution is 0.191. The number of aromatic nitrogens is 3. The van der Waals surface area contributed by atoms with Gasteiger partial charge in [-0.05, 0) is 25.8 Å². The van der Waals surface area contributed by atoms with Crippen LogP contribution in [0.15, 0.2) is 6.20 Å². The Morgan fingerprint density at radius 1 is 1.37 bits per heavy atom. The second-order valence-electron chi connectivity index (χ2n) is 5.58. The maximum atomic E-state index is 5.03. The molecule has 0 amide bonds. The van der Waals surface area contributed by atoms with Crippen molar-refractivity contribution in [2.45, 2.75) is 39.7 Å². The van der Waals surface area contributed by atoms with Crippen LogP contribution in [0.2, 0.25) is 0 Å². The van der Waals surface area contributed by atoms with Crippen molar-refractivity contribution in [3.8, 4) is 0 Å². The number of likely N-dealkylation sites (N-methyl/N-ethyl adjacent to an activating group) is 1. The molecule has 1 aromatic rings. The number of methoxy groups -OCH3 is 1. The fraction of sp³-hybridized carbons (Fsp3) is 0.857. The summed E-state index contributed by atoms with van der Waals surface area (Å²) < 4.78 is 6.97. The van der Waals surface area contributed by atoms with Crippen LogP contribution < -0.4 is 0 Å². The molecule has 1 rings (SSSR count). The molecule has 1 heterocycles. The Bertz CT molecular complexity index is 338. The average molecular weight is 268 g/mol. The quantitative estimate of drug-likeness (QED) is 0.607. The molecule has 5 nitrogen and oxygen atoms in total. The van der Waals surface area contributed by atoms with Crippen molar-refractivity contribution in [3.63, 3.8) is 0 Å². The number of nitrogens with zero attached hydrogens (tertiary/aromatic N) is 4. The molecule has 5 heteroatoms. The Hall–Kier alpha value is -0.940. The third-order valence-corrected chi connectivity index (χ3v) is 3.00. The maximum absolute atomic E-state index is 5.03. The van der Waals surface area contributed by atoms with Crippen molar-refractivity contribution in [1.82, 2.24) is 19.9 Å². The minimum Gasteiger partial charge on any atom is -0.385 e. The van der Waals surface area contributed by atoms with Crippen LogP contribution in [0.1, 0.15) is 32.4 Å². The summed E-state index contributed by atoms with van der Waals surface area (Å²) in [6.07, 6.45) is 5.20. The van der Waals surface area contributed by atoms with Crippen molar-refractivity contribution < 1.29 is 4.74 Å². The summed E-state index contributed by atoms with van der Waals surface area (Å²) in [7, 11) is 3.90. The molecule has 0 fully saturated rings. The van der Waals surface area contributed by atoms with E-state index in [0.717, 1.165) is 51.2 Å². The number of ether oxygens (including phenoxy) is 1. The van der Waals surface area contributed by atoms with E-state index in [1.54, 1.807) is 7.11 Å². The molecule has 110 valence electrons. The summed E-state index contributed by atoms with van der Waals surface area (Å²) in [5, 5.41) is 8.38. The van der Waals surface area contributed by atoms with Crippen LogP contribution in [-0.2, 0) is 17.7 Å². The van der Waals surface area contributed by atoms with Crippen LogP contribution in [-0.4, -0.2) is 53.7 Å². The van der Waals surface area contributed by atoms with E-state index in [9.17, 15) is 0 Å². The van der Waals surface area contributed by atoms with E-state index < -0.39 is 0 Å². The highest BCUT2D eigenvalue weighted by Crippen LogP contribution is 2.01. The monoisotopic (exact) mass is 268 g/mol. The third kappa shape index (κ3) is 7.28. The number of hydrogen-bond acceptors (Lipinski definition) is 4. The van der Waals surface area contributed by atoms with Gasteiger partial charge >= 0.3 is 0 Å². The molecule has 0 bridgehead atoms. The topological polar surface area (TPSA) is 43.2 Å². The lowest BCUT2D eigenvalue weighted by Gasteiger charge is -2.17. The number of aryl methyl sites for hydroxylation is 1. The van der Waals surface area contributed by atoms with Crippen molar-refractivity contribution in [3.05, 3.63) is 11.9 Å². The zero-order chi connectivity index (χ0) is 14.1. The molecule has 0 aliphatic heterocycles. The standard InChI is InChI=1S/C14H28N4O/c1-13(2)11-17(3)9-7-14-12-18(16-15-14)8-5-6-10-19-4/h12-13H,5-11H2,1-4H3. The Kier molecular flexibility index (Phi) is 7.67. The molecule has 0 spiro atoms. The Morgan fingerprint density at radius 3 is 2.84 bits per heavy atom. The first-order chi connectivity index (χ1) is 9.11. The Labute approximate surface area is 116 Å². The summed E-state index contributed by atoms with van der Waals surface area (Å²) in [6, 6.07) is 0. The summed E-state index contributed by atoms with van der Waals surface area (Å²) in [4.78, 5) is 2.35. The molecule has 0 atom stereocenters. The highest BCUT2D eigenvalue weighted by atomic mass is 16.5. The minimum absolute atomic E-state index is 0.710. The van der Waals surface area contributed by atoms with Crippen LogP contribution >= 0.6 is 0 Å². The maximum Gasteiger partial charge on any atom is 0.0839 e. The highest BCUT2D eigenvalue weighted by molar-refractivity contribution is 4.93. The van der Waals surface area contributed by atoms with Gasteiger partial charge in [-0.15, -0.1) is 5.10 Å². The van der Waals surface area contributed by atoms with Crippen molar-refractivity contribution in [2.24, 2.45) is 5.92 Å². The predicted molar refractivity (Wildman–Crippen MR) is 77.2 cm³/mol. The molecule has 0 saturated heterocycles. The highest BCUT2D eigenvalue weighted by Gasteiger charge is 2.05. The van der Waals surface area contributed by atoms with Crippen LogP contribution in [0.3, 0.4) is 0 Å². The van der Waals surface area contributed by atoms with Crippen LogP contribution in [0.4, 0.5) is 0 Å². The van der Waals surface area contributed by atoms with Gasteiger partial charge in [-0.2, -0.15) is 0 Å². The lowest BCUT2D eigenvalue weighted by Crippen LogP contribution is -2.25. The van der Waals surface area contributed by atoms with Gasteiger partial charge in [0.2, 0.25) is 0 Å². The molecular formula is C14H28N4O. The SMILES string of the molecule is COCCCCn1cc(CCN(C)CC(C)C)nn1. The molecular weight excluding hydrogens is 240 g/mol. The fourth-order valence-corrected chi connectivity index (χ4v) is 2.10. The largest absolute Gasteiger partial charge is 0.385 e. The van der Waals surface area contributed by atoms with Crippen LogP contribution in [0.5, 0.6) is 0 Å². The second kappa shape index (κ2) is 9.04. The van der Waals surface area contributed by atoms with E-state index in [-0.39, 0.29) is 0 Å². The van der Waals surface area contributed by atoms with E-state index in [4.69, 9.17) is 4.74 Å². The van der Waals surface area contributed by atoms with Gasteiger partial charge in [-0.3, -0.25) is 4.68 Å². The minimum atomic E-state index is 0.710. The molecule has 1 aromatic heterocycles. The lowest BCUT2D eigenvalue weighted by atomic mass is 10.2. The normalized spacial score (nSPS) is 11.7. The molecule has 0 radical (unpaired) electrons. The molecule has 0 aromatic carbocycles. The summed E-state index contributed by atoms with van der Waals surface area (Å²) in [6.45, 7) is 8.41. The summed E-state index contributed by atoms with van der Waals surface area (Å²) in [5.41, 5.74) is 1.09. The molecule has 0 unspecified atom stereocenters. The van der Waals surface area contributed by atoms with Gasteiger partial charge in [0.05, 0.1) is 5.69 Å². The molecule has 19 heavy (non-hydrogen) atoms. The van der Waals surface area contributed by atoms with E-state index >= 15 is 0 Å². The van der Waals surface area contributed by atoms with Crippen molar-refractivity contribution in [2.75, 3.05) is 33.9 Å².